The largest absolute Gasteiger partial charge is 0.507 e. The Morgan fingerprint density at radius 3 is 2.61 bits per heavy atom. The number of benzene rings is 2. The molecule has 1 unspecified atom stereocenters. The van der Waals surface area contributed by atoms with Gasteiger partial charge in [0.25, 0.3) is 11.7 Å². The minimum atomic E-state index is -0.893. The number of aliphatic hydroxyl groups excluding tert-OH is 1. The van der Waals surface area contributed by atoms with Crippen LogP contribution in [-0.2, 0) is 14.4 Å². The zero-order valence-corrected chi connectivity index (χ0v) is 19.8. The number of aromatic nitrogens is 1. The lowest BCUT2D eigenvalue weighted by atomic mass is 9.95. The van der Waals surface area contributed by atoms with Gasteiger partial charge in [-0.2, -0.15) is 0 Å². The van der Waals surface area contributed by atoms with Crippen molar-refractivity contribution in [1.29, 1.82) is 0 Å². The Morgan fingerprint density at radius 2 is 1.92 bits per heavy atom. The number of pyridine rings is 1. The summed E-state index contributed by atoms with van der Waals surface area (Å²) in [5.41, 5.74) is 2.73. The first-order valence-corrected chi connectivity index (χ1v) is 11.4. The number of aliphatic hydroxyl groups is 1. The van der Waals surface area contributed by atoms with Crippen LogP contribution in [0.1, 0.15) is 24.1 Å². The molecule has 0 spiro atoms. The average Bonchev–Trinajstić information content (AvgIpc) is 3.14. The maximum Gasteiger partial charge on any atom is 0.300 e. The van der Waals surface area contributed by atoms with Crippen molar-refractivity contribution in [3.63, 3.8) is 0 Å². The summed E-state index contributed by atoms with van der Waals surface area (Å²) in [5, 5.41) is 14.1. The summed E-state index contributed by atoms with van der Waals surface area (Å²) in [6.07, 6.45) is 3.16. The highest BCUT2D eigenvalue weighted by Gasteiger charge is 2.47. The van der Waals surface area contributed by atoms with Crippen LogP contribution in [0.3, 0.4) is 0 Å². The molecule has 9 nitrogen and oxygen atoms in total. The van der Waals surface area contributed by atoms with E-state index in [1.54, 1.807) is 67.0 Å². The molecular formula is C27H24N4O5. The van der Waals surface area contributed by atoms with Gasteiger partial charge >= 0.3 is 0 Å². The molecule has 2 aliphatic heterocycles. The predicted octanol–water partition coefficient (Wildman–Crippen LogP) is 3.49. The van der Waals surface area contributed by atoms with Crippen LogP contribution in [0.15, 0.2) is 72.6 Å². The van der Waals surface area contributed by atoms with Gasteiger partial charge in [-0.3, -0.25) is 24.3 Å². The van der Waals surface area contributed by atoms with Crippen molar-refractivity contribution in [3.05, 3.63) is 83.7 Å². The van der Waals surface area contributed by atoms with Crippen LogP contribution in [0.4, 0.5) is 17.1 Å². The fourth-order valence-electron chi connectivity index (χ4n) is 4.51. The minimum Gasteiger partial charge on any atom is -0.507 e. The molecule has 1 fully saturated rings. The van der Waals surface area contributed by atoms with Gasteiger partial charge in [0, 0.05) is 43.3 Å². The summed E-state index contributed by atoms with van der Waals surface area (Å²) < 4.78 is 5.69. The number of ketones is 1. The van der Waals surface area contributed by atoms with E-state index in [-0.39, 0.29) is 17.2 Å². The van der Waals surface area contributed by atoms with Crippen molar-refractivity contribution < 1.29 is 24.2 Å². The van der Waals surface area contributed by atoms with Crippen molar-refractivity contribution in [3.8, 4) is 5.75 Å². The van der Waals surface area contributed by atoms with Crippen molar-refractivity contribution in [2.75, 3.05) is 35.3 Å². The number of rotatable bonds is 4. The van der Waals surface area contributed by atoms with Gasteiger partial charge in [-0.15, -0.1) is 0 Å². The maximum absolute atomic E-state index is 13.3. The monoisotopic (exact) mass is 484 g/mol. The highest BCUT2D eigenvalue weighted by molar-refractivity contribution is 6.51. The number of hydrogen-bond donors (Lipinski definition) is 2. The summed E-state index contributed by atoms with van der Waals surface area (Å²) >= 11 is 0. The lowest BCUT2D eigenvalue weighted by Gasteiger charge is -2.28. The standard InChI is InChI=1S/C27H24N4O5/c1-16(32)29-19-6-8-20(9-7-19)31-24(18-4-3-11-28-15-18)23(26(34)27(31)35)25(33)17-5-10-22-21(14-17)30(2)12-13-36-22/h3-11,14-15,24,33H,12-13H2,1-2H3,(H,29,32)/b25-23-. The Labute approximate surface area is 207 Å². The van der Waals surface area contributed by atoms with Gasteiger partial charge in [0.2, 0.25) is 5.91 Å². The number of carbonyl (C=O) groups excluding carboxylic acids is 3. The molecule has 2 amide bonds. The third kappa shape index (κ3) is 4.04. The van der Waals surface area contributed by atoms with Gasteiger partial charge in [-0.05, 0) is 54.1 Å². The van der Waals surface area contributed by atoms with E-state index in [1.807, 2.05) is 11.9 Å². The average molecular weight is 485 g/mol. The normalized spacial score (nSPS) is 18.6. The summed E-state index contributed by atoms with van der Waals surface area (Å²) in [6, 6.07) is 14.3. The number of nitrogens with zero attached hydrogens (tertiary/aromatic N) is 3. The molecule has 2 aliphatic rings. The smallest absolute Gasteiger partial charge is 0.300 e. The van der Waals surface area contributed by atoms with Crippen LogP contribution in [0.2, 0.25) is 0 Å². The summed E-state index contributed by atoms with van der Waals surface area (Å²) in [6.45, 7) is 2.65. The second-order valence-electron chi connectivity index (χ2n) is 8.64. The van der Waals surface area contributed by atoms with Gasteiger partial charge in [0.05, 0.1) is 23.8 Å². The van der Waals surface area contributed by atoms with E-state index in [2.05, 4.69) is 10.3 Å². The Kier molecular flexibility index (Phi) is 5.89. The number of likely N-dealkylation sites (N-methyl/N-ethyl adjacent to an activating group) is 1. The highest BCUT2D eigenvalue weighted by Crippen LogP contribution is 2.43. The molecule has 1 aromatic heterocycles. The van der Waals surface area contributed by atoms with Crippen molar-refractivity contribution >= 4 is 40.4 Å². The quantitative estimate of drug-likeness (QED) is 0.331. The highest BCUT2D eigenvalue weighted by atomic mass is 16.5. The van der Waals surface area contributed by atoms with E-state index in [4.69, 9.17) is 4.74 Å². The topological polar surface area (TPSA) is 112 Å². The third-order valence-electron chi connectivity index (χ3n) is 6.24. The van der Waals surface area contributed by atoms with E-state index < -0.39 is 17.7 Å². The molecule has 36 heavy (non-hydrogen) atoms. The summed E-state index contributed by atoms with van der Waals surface area (Å²) in [7, 11) is 1.92. The summed E-state index contributed by atoms with van der Waals surface area (Å²) in [5.74, 6) is -1.38. The Morgan fingerprint density at radius 1 is 1.14 bits per heavy atom. The van der Waals surface area contributed by atoms with E-state index in [0.717, 1.165) is 5.69 Å². The van der Waals surface area contributed by atoms with Gasteiger partial charge in [-0.25, -0.2) is 0 Å². The van der Waals surface area contributed by atoms with Crippen molar-refractivity contribution in [2.24, 2.45) is 0 Å². The minimum absolute atomic E-state index is 0.0294. The van der Waals surface area contributed by atoms with Crippen LogP contribution in [0.25, 0.3) is 5.76 Å². The fourth-order valence-corrected chi connectivity index (χ4v) is 4.51. The predicted molar refractivity (Wildman–Crippen MR) is 135 cm³/mol. The van der Waals surface area contributed by atoms with Crippen LogP contribution in [0, 0.1) is 0 Å². The number of carbonyl (C=O) groups is 3. The van der Waals surface area contributed by atoms with Crippen LogP contribution in [-0.4, -0.2) is 47.9 Å². The third-order valence-corrected chi connectivity index (χ3v) is 6.24. The van der Waals surface area contributed by atoms with E-state index >= 15 is 0 Å². The number of anilines is 3. The van der Waals surface area contributed by atoms with Crippen molar-refractivity contribution in [2.45, 2.75) is 13.0 Å². The van der Waals surface area contributed by atoms with E-state index in [1.165, 1.54) is 11.8 Å². The summed E-state index contributed by atoms with van der Waals surface area (Å²) in [4.78, 5) is 45.5. The number of Topliss-reactive ketones (excluding diaryl/α,β-unsaturated/α-hetero) is 1. The van der Waals surface area contributed by atoms with E-state index in [9.17, 15) is 19.5 Å². The number of ether oxygens (including phenoxy) is 1. The zero-order chi connectivity index (χ0) is 25.4. The molecule has 182 valence electrons. The Balaban J connectivity index is 1.63. The first kappa shape index (κ1) is 23.1. The molecule has 0 aliphatic carbocycles. The molecule has 2 N–H and O–H groups in total. The SMILES string of the molecule is CC(=O)Nc1ccc(N2C(=O)C(=O)/C(=C(\O)c3ccc4c(c3)N(C)CCO4)C2c2cccnc2)cc1. The number of amides is 2. The Hall–Kier alpha value is -4.66. The molecular weight excluding hydrogens is 460 g/mol. The molecule has 1 atom stereocenters. The zero-order valence-electron chi connectivity index (χ0n) is 19.8. The lowest BCUT2D eigenvalue weighted by molar-refractivity contribution is -0.132. The second-order valence-corrected chi connectivity index (χ2v) is 8.64. The van der Waals surface area contributed by atoms with Gasteiger partial charge in [-0.1, -0.05) is 6.07 Å². The fraction of sp³-hybridized carbons (Fsp3) is 0.185. The first-order valence-electron chi connectivity index (χ1n) is 11.4. The lowest BCUT2D eigenvalue weighted by Crippen LogP contribution is -2.29. The van der Waals surface area contributed by atoms with Crippen LogP contribution in [0.5, 0.6) is 5.75 Å². The van der Waals surface area contributed by atoms with Gasteiger partial charge in [0.15, 0.2) is 0 Å². The molecule has 3 aromatic rings. The first-order chi connectivity index (χ1) is 17.3. The molecule has 3 heterocycles. The second kappa shape index (κ2) is 9.18. The van der Waals surface area contributed by atoms with E-state index in [0.29, 0.717) is 41.4 Å². The maximum atomic E-state index is 13.3. The molecule has 2 aromatic carbocycles. The van der Waals surface area contributed by atoms with Crippen LogP contribution >= 0.6 is 0 Å². The molecule has 1 saturated heterocycles. The molecule has 5 rings (SSSR count). The van der Waals surface area contributed by atoms with Crippen molar-refractivity contribution in [1.82, 2.24) is 4.98 Å². The molecule has 0 bridgehead atoms. The molecule has 0 radical (unpaired) electrons. The van der Waals surface area contributed by atoms with Gasteiger partial charge in [0.1, 0.15) is 18.1 Å². The number of nitrogens with one attached hydrogen (secondary N) is 1. The Bertz CT molecular complexity index is 1390. The van der Waals surface area contributed by atoms with Gasteiger partial charge < -0.3 is 20.1 Å². The molecule has 0 saturated carbocycles. The van der Waals surface area contributed by atoms with Crippen LogP contribution < -0.4 is 19.9 Å². The number of hydrogen-bond acceptors (Lipinski definition) is 7. The molecule has 9 heteroatoms. The number of fused-ring (bicyclic) bond motifs is 1.